The van der Waals surface area contributed by atoms with Crippen LogP contribution >= 0.6 is 0 Å². The highest BCUT2D eigenvalue weighted by Crippen LogP contribution is 2.42. The first kappa shape index (κ1) is 10.3. The second-order valence-electron chi connectivity index (χ2n) is 5.42. The van der Waals surface area contributed by atoms with Gasteiger partial charge in [0, 0.05) is 12.1 Å². The smallest absolute Gasteiger partial charge is 0.0655 e. The van der Waals surface area contributed by atoms with Crippen molar-refractivity contribution in [2.24, 2.45) is 11.7 Å². The fraction of sp³-hybridized carbons (Fsp3) is 0.769. The summed E-state index contributed by atoms with van der Waals surface area (Å²) in [5, 5.41) is 4.70. The van der Waals surface area contributed by atoms with Crippen LogP contribution in [0.25, 0.3) is 0 Å². The topological polar surface area (TPSA) is 43.8 Å². The zero-order chi connectivity index (χ0) is 11.0. The fourth-order valence-electron chi connectivity index (χ4n) is 2.71. The maximum Gasteiger partial charge on any atom is 0.0655 e. The summed E-state index contributed by atoms with van der Waals surface area (Å²) in [5.74, 6) is 1.69. The summed E-state index contributed by atoms with van der Waals surface area (Å²) in [6, 6.07) is 2.89. The van der Waals surface area contributed by atoms with Crippen LogP contribution in [0.15, 0.2) is 12.3 Å². The molecule has 0 aromatic carbocycles. The van der Waals surface area contributed by atoms with Crippen LogP contribution < -0.4 is 5.73 Å². The molecule has 3 rings (SSSR count). The number of aromatic nitrogens is 2. The third-order valence-electron chi connectivity index (χ3n) is 4.03. The average molecular weight is 219 g/mol. The number of nitrogens with zero attached hydrogens (tertiary/aromatic N) is 2. The molecule has 16 heavy (non-hydrogen) atoms. The Morgan fingerprint density at radius 3 is 2.88 bits per heavy atom. The third kappa shape index (κ3) is 2.01. The molecular formula is C13H21N3. The van der Waals surface area contributed by atoms with Gasteiger partial charge < -0.3 is 5.73 Å². The van der Waals surface area contributed by atoms with E-state index >= 15 is 0 Å². The van der Waals surface area contributed by atoms with Gasteiger partial charge in [0.05, 0.1) is 11.7 Å². The summed E-state index contributed by atoms with van der Waals surface area (Å²) < 4.78 is 2.20. The van der Waals surface area contributed by atoms with Crippen LogP contribution in [0.5, 0.6) is 0 Å². The van der Waals surface area contributed by atoms with Gasteiger partial charge in [0.25, 0.3) is 0 Å². The van der Waals surface area contributed by atoms with Crippen LogP contribution in [-0.2, 0) is 0 Å². The molecular weight excluding hydrogens is 198 g/mol. The minimum absolute atomic E-state index is 0.676. The van der Waals surface area contributed by atoms with Crippen molar-refractivity contribution in [2.45, 2.75) is 50.5 Å². The van der Waals surface area contributed by atoms with Gasteiger partial charge in [-0.1, -0.05) is 0 Å². The third-order valence-corrected chi connectivity index (χ3v) is 4.03. The van der Waals surface area contributed by atoms with Gasteiger partial charge in [0.15, 0.2) is 0 Å². The van der Waals surface area contributed by atoms with Crippen molar-refractivity contribution in [3.05, 3.63) is 18.0 Å². The number of hydrogen-bond donors (Lipinski definition) is 1. The summed E-state index contributed by atoms with van der Waals surface area (Å²) >= 11 is 0. The standard InChI is InChI=1S/C13H21N3/c14-6-1-2-10-8-12(9-10)16-7-5-13(15-16)11-3-4-11/h5,7,10-12H,1-4,6,8-9,14H2. The van der Waals surface area contributed by atoms with Gasteiger partial charge in [-0.25, -0.2) is 0 Å². The number of rotatable bonds is 5. The van der Waals surface area contributed by atoms with Crippen LogP contribution in [0.4, 0.5) is 0 Å². The van der Waals surface area contributed by atoms with Gasteiger partial charge >= 0.3 is 0 Å². The van der Waals surface area contributed by atoms with E-state index in [1.165, 1.54) is 44.2 Å². The Kier molecular flexibility index (Phi) is 2.72. The zero-order valence-corrected chi connectivity index (χ0v) is 9.81. The minimum atomic E-state index is 0.676. The zero-order valence-electron chi connectivity index (χ0n) is 9.81. The monoisotopic (exact) mass is 219 g/mol. The molecule has 0 spiro atoms. The van der Waals surface area contributed by atoms with E-state index < -0.39 is 0 Å². The molecule has 0 unspecified atom stereocenters. The largest absolute Gasteiger partial charge is 0.330 e. The van der Waals surface area contributed by atoms with Gasteiger partial charge in [-0.15, -0.1) is 0 Å². The first-order valence-corrected chi connectivity index (χ1v) is 6.62. The molecule has 2 N–H and O–H groups in total. The summed E-state index contributed by atoms with van der Waals surface area (Å²) in [7, 11) is 0. The van der Waals surface area contributed by atoms with Crippen molar-refractivity contribution in [3.8, 4) is 0 Å². The SMILES string of the molecule is NCCCC1CC(n2ccc(C3CC3)n2)C1. The predicted molar refractivity (Wildman–Crippen MR) is 64.3 cm³/mol. The highest BCUT2D eigenvalue weighted by molar-refractivity contribution is 5.13. The molecule has 0 bridgehead atoms. The van der Waals surface area contributed by atoms with E-state index in [0.29, 0.717) is 6.04 Å². The first-order valence-electron chi connectivity index (χ1n) is 6.62. The molecule has 3 heteroatoms. The Bertz CT molecular complexity index is 348. The average Bonchev–Trinajstić information content (AvgIpc) is 2.97. The lowest BCUT2D eigenvalue weighted by Crippen LogP contribution is -2.27. The van der Waals surface area contributed by atoms with E-state index in [-0.39, 0.29) is 0 Å². The van der Waals surface area contributed by atoms with Gasteiger partial charge in [0.2, 0.25) is 0 Å². The van der Waals surface area contributed by atoms with Crippen molar-refractivity contribution < 1.29 is 0 Å². The molecule has 0 saturated heterocycles. The molecule has 1 heterocycles. The highest BCUT2D eigenvalue weighted by atomic mass is 15.3. The lowest BCUT2D eigenvalue weighted by Gasteiger charge is -2.35. The van der Waals surface area contributed by atoms with Gasteiger partial charge in [-0.05, 0) is 57.1 Å². The molecule has 2 aliphatic carbocycles. The van der Waals surface area contributed by atoms with Gasteiger partial charge in [-0.3, -0.25) is 4.68 Å². The lowest BCUT2D eigenvalue weighted by atomic mass is 9.77. The fourth-order valence-corrected chi connectivity index (χ4v) is 2.71. The summed E-state index contributed by atoms with van der Waals surface area (Å²) in [5.41, 5.74) is 6.85. The predicted octanol–water partition coefficient (Wildman–Crippen LogP) is 2.45. The molecule has 3 nitrogen and oxygen atoms in total. The van der Waals surface area contributed by atoms with Gasteiger partial charge in [-0.2, -0.15) is 5.10 Å². The van der Waals surface area contributed by atoms with E-state index in [4.69, 9.17) is 10.8 Å². The van der Waals surface area contributed by atoms with E-state index in [1.807, 2.05) is 0 Å². The Balaban J connectivity index is 1.51. The Morgan fingerprint density at radius 2 is 2.19 bits per heavy atom. The molecule has 2 aliphatic rings. The van der Waals surface area contributed by atoms with Crippen molar-refractivity contribution in [3.63, 3.8) is 0 Å². The summed E-state index contributed by atoms with van der Waals surface area (Å²) in [6.07, 6.45) is 9.99. The van der Waals surface area contributed by atoms with Crippen molar-refractivity contribution in [1.29, 1.82) is 0 Å². The second kappa shape index (κ2) is 4.21. The minimum Gasteiger partial charge on any atom is -0.330 e. The van der Waals surface area contributed by atoms with Crippen LogP contribution in [-0.4, -0.2) is 16.3 Å². The molecule has 0 radical (unpaired) electrons. The molecule has 0 atom stereocenters. The molecule has 1 aromatic heterocycles. The second-order valence-corrected chi connectivity index (χ2v) is 5.42. The summed E-state index contributed by atoms with van der Waals surface area (Å²) in [6.45, 7) is 0.842. The van der Waals surface area contributed by atoms with E-state index in [2.05, 4.69) is 16.9 Å². The molecule has 2 saturated carbocycles. The molecule has 0 amide bonds. The first-order chi connectivity index (χ1) is 7.86. The molecule has 0 aliphatic heterocycles. The van der Waals surface area contributed by atoms with Crippen molar-refractivity contribution in [1.82, 2.24) is 9.78 Å². The van der Waals surface area contributed by atoms with Gasteiger partial charge in [0.1, 0.15) is 0 Å². The Hall–Kier alpha value is -0.830. The Labute approximate surface area is 97.0 Å². The molecule has 2 fully saturated rings. The van der Waals surface area contributed by atoms with Crippen molar-refractivity contribution in [2.75, 3.05) is 6.54 Å². The van der Waals surface area contributed by atoms with Crippen LogP contribution in [0.1, 0.15) is 56.2 Å². The van der Waals surface area contributed by atoms with E-state index in [1.54, 1.807) is 0 Å². The molecule has 88 valence electrons. The van der Waals surface area contributed by atoms with Crippen LogP contribution in [0, 0.1) is 5.92 Å². The normalized spacial score (nSPS) is 29.1. The van der Waals surface area contributed by atoms with Crippen molar-refractivity contribution >= 4 is 0 Å². The number of nitrogens with two attached hydrogens (primary N) is 1. The van der Waals surface area contributed by atoms with Crippen LogP contribution in [0.3, 0.4) is 0 Å². The maximum atomic E-state index is 5.53. The van der Waals surface area contributed by atoms with E-state index in [0.717, 1.165) is 18.4 Å². The summed E-state index contributed by atoms with van der Waals surface area (Å²) in [4.78, 5) is 0. The van der Waals surface area contributed by atoms with E-state index in [9.17, 15) is 0 Å². The lowest BCUT2D eigenvalue weighted by molar-refractivity contribution is 0.171. The van der Waals surface area contributed by atoms with Crippen LogP contribution in [0.2, 0.25) is 0 Å². The highest BCUT2D eigenvalue weighted by Gasteiger charge is 2.32. The molecule has 1 aromatic rings. The maximum absolute atomic E-state index is 5.53. The number of hydrogen-bond acceptors (Lipinski definition) is 2. The quantitative estimate of drug-likeness (QED) is 0.826. The Morgan fingerprint density at radius 1 is 1.38 bits per heavy atom.